The third kappa shape index (κ3) is 4.36. The fourth-order valence-electron chi connectivity index (χ4n) is 0.361. The second kappa shape index (κ2) is 4.12. The van der Waals surface area contributed by atoms with E-state index in [1.807, 2.05) is 36.4 Å². The van der Waals surface area contributed by atoms with Crippen molar-refractivity contribution in [3.8, 4) is 0 Å². The van der Waals surface area contributed by atoms with Gasteiger partial charge in [0.1, 0.15) is 0 Å². The van der Waals surface area contributed by atoms with Crippen LogP contribution in [0.5, 0.6) is 0 Å². The summed E-state index contributed by atoms with van der Waals surface area (Å²) in [5.41, 5.74) is 0. The van der Waals surface area contributed by atoms with Gasteiger partial charge in [-0.25, -0.2) is 0 Å². The summed E-state index contributed by atoms with van der Waals surface area (Å²) in [6, 6.07) is 0.275. The standard InChI is InChI=1S/C5H10INO/c1-4(2)7-5(8)3-6/h4H,3H2,1-2H3,(H,7,8). The van der Waals surface area contributed by atoms with Crippen LogP contribution in [0.25, 0.3) is 0 Å². The van der Waals surface area contributed by atoms with Crippen molar-refractivity contribution in [2.75, 3.05) is 4.43 Å². The zero-order valence-corrected chi connectivity index (χ0v) is 7.23. The van der Waals surface area contributed by atoms with Gasteiger partial charge < -0.3 is 5.32 Å². The highest BCUT2D eigenvalue weighted by molar-refractivity contribution is 14.1. The highest BCUT2D eigenvalue weighted by Crippen LogP contribution is 1.82. The van der Waals surface area contributed by atoms with E-state index in [0.717, 1.165) is 0 Å². The van der Waals surface area contributed by atoms with Gasteiger partial charge in [-0.05, 0) is 13.8 Å². The summed E-state index contributed by atoms with van der Waals surface area (Å²) < 4.78 is 0.552. The highest BCUT2D eigenvalue weighted by Gasteiger charge is 1.97. The molecule has 0 radical (unpaired) electrons. The number of alkyl halides is 1. The monoisotopic (exact) mass is 227 g/mol. The molecule has 0 aliphatic rings. The summed E-state index contributed by atoms with van der Waals surface area (Å²) >= 11 is 2.03. The van der Waals surface area contributed by atoms with Gasteiger partial charge in [0.15, 0.2) is 0 Å². The number of hydrogen-bond acceptors (Lipinski definition) is 1. The fraction of sp³-hybridized carbons (Fsp3) is 0.800. The predicted molar refractivity (Wildman–Crippen MR) is 42.2 cm³/mol. The Morgan fingerprint density at radius 2 is 2.25 bits per heavy atom. The van der Waals surface area contributed by atoms with Crippen molar-refractivity contribution < 1.29 is 4.79 Å². The maximum Gasteiger partial charge on any atom is 0.230 e. The lowest BCUT2D eigenvalue weighted by molar-refractivity contribution is -0.118. The van der Waals surface area contributed by atoms with Crippen molar-refractivity contribution in [1.82, 2.24) is 5.32 Å². The van der Waals surface area contributed by atoms with E-state index in [-0.39, 0.29) is 11.9 Å². The fourth-order valence-corrected chi connectivity index (χ4v) is 0.581. The number of halogens is 1. The first kappa shape index (κ1) is 8.20. The summed E-state index contributed by atoms with van der Waals surface area (Å²) in [7, 11) is 0. The topological polar surface area (TPSA) is 29.1 Å². The van der Waals surface area contributed by atoms with Crippen LogP contribution in [0.4, 0.5) is 0 Å². The molecule has 0 aliphatic carbocycles. The molecule has 0 aromatic rings. The molecule has 0 fully saturated rings. The molecule has 0 saturated carbocycles. The molecule has 0 aliphatic heterocycles. The SMILES string of the molecule is CC(C)NC(=O)CI. The highest BCUT2D eigenvalue weighted by atomic mass is 127. The molecule has 0 spiro atoms. The number of nitrogens with one attached hydrogen (secondary N) is 1. The van der Waals surface area contributed by atoms with E-state index in [2.05, 4.69) is 5.32 Å². The molecule has 8 heavy (non-hydrogen) atoms. The first-order valence-electron chi connectivity index (χ1n) is 2.52. The molecule has 3 heteroatoms. The number of amides is 1. The second-order valence-corrected chi connectivity index (χ2v) is 2.62. The zero-order chi connectivity index (χ0) is 6.57. The van der Waals surface area contributed by atoms with Crippen LogP contribution in [-0.4, -0.2) is 16.4 Å². The number of rotatable bonds is 2. The van der Waals surface area contributed by atoms with Crippen LogP contribution in [0.15, 0.2) is 0 Å². The van der Waals surface area contributed by atoms with Gasteiger partial charge in [-0.15, -0.1) is 0 Å². The van der Waals surface area contributed by atoms with E-state index in [0.29, 0.717) is 4.43 Å². The quantitative estimate of drug-likeness (QED) is 0.552. The van der Waals surface area contributed by atoms with Gasteiger partial charge in [-0.1, -0.05) is 22.6 Å². The smallest absolute Gasteiger partial charge is 0.230 e. The van der Waals surface area contributed by atoms with Crippen molar-refractivity contribution >= 4 is 28.5 Å². The summed E-state index contributed by atoms with van der Waals surface area (Å²) in [5.74, 6) is 0.112. The number of carbonyl (C=O) groups excluding carboxylic acids is 1. The maximum atomic E-state index is 10.5. The minimum atomic E-state index is 0.112. The van der Waals surface area contributed by atoms with Crippen molar-refractivity contribution in [2.45, 2.75) is 19.9 Å². The van der Waals surface area contributed by atoms with Crippen molar-refractivity contribution in [3.63, 3.8) is 0 Å². The van der Waals surface area contributed by atoms with Gasteiger partial charge in [-0.2, -0.15) is 0 Å². The Kier molecular flexibility index (Phi) is 4.22. The summed E-state index contributed by atoms with van der Waals surface area (Å²) in [5, 5.41) is 2.75. The molecular formula is C5H10INO. The third-order valence-corrected chi connectivity index (χ3v) is 1.26. The normalized spacial score (nSPS) is 9.50. The Bertz CT molecular complexity index is 82.5. The van der Waals surface area contributed by atoms with E-state index < -0.39 is 0 Å². The maximum absolute atomic E-state index is 10.5. The molecule has 0 unspecified atom stereocenters. The number of carbonyl (C=O) groups is 1. The van der Waals surface area contributed by atoms with Gasteiger partial charge in [0, 0.05) is 6.04 Å². The third-order valence-electron chi connectivity index (χ3n) is 0.571. The van der Waals surface area contributed by atoms with Gasteiger partial charge in [0.25, 0.3) is 0 Å². The van der Waals surface area contributed by atoms with E-state index in [9.17, 15) is 4.79 Å². The zero-order valence-electron chi connectivity index (χ0n) is 5.07. The van der Waals surface area contributed by atoms with Crippen LogP contribution < -0.4 is 5.32 Å². The summed E-state index contributed by atoms with van der Waals surface area (Å²) in [6.45, 7) is 3.90. The van der Waals surface area contributed by atoms with Crippen LogP contribution >= 0.6 is 22.6 Å². The molecule has 0 heterocycles. The van der Waals surface area contributed by atoms with Gasteiger partial charge in [0.05, 0.1) is 4.43 Å². The van der Waals surface area contributed by atoms with Crippen LogP contribution in [0.1, 0.15) is 13.8 Å². The van der Waals surface area contributed by atoms with E-state index in [4.69, 9.17) is 0 Å². The molecule has 2 nitrogen and oxygen atoms in total. The average Bonchev–Trinajstić information content (AvgIpc) is 1.65. The largest absolute Gasteiger partial charge is 0.353 e. The molecule has 1 N–H and O–H groups in total. The van der Waals surface area contributed by atoms with E-state index >= 15 is 0 Å². The average molecular weight is 227 g/mol. The van der Waals surface area contributed by atoms with Gasteiger partial charge in [0.2, 0.25) is 5.91 Å². The minimum absolute atomic E-state index is 0.112. The summed E-state index contributed by atoms with van der Waals surface area (Å²) in [4.78, 5) is 10.5. The van der Waals surface area contributed by atoms with Crippen LogP contribution in [0.3, 0.4) is 0 Å². The van der Waals surface area contributed by atoms with Crippen molar-refractivity contribution in [2.24, 2.45) is 0 Å². The molecule has 0 aromatic carbocycles. The van der Waals surface area contributed by atoms with Crippen molar-refractivity contribution in [1.29, 1.82) is 0 Å². The van der Waals surface area contributed by atoms with Crippen LogP contribution in [0.2, 0.25) is 0 Å². The summed E-state index contributed by atoms with van der Waals surface area (Å²) in [6.07, 6.45) is 0. The molecular weight excluding hydrogens is 217 g/mol. The molecule has 1 amide bonds. The Morgan fingerprint density at radius 1 is 1.75 bits per heavy atom. The van der Waals surface area contributed by atoms with E-state index in [1.165, 1.54) is 0 Å². The Balaban J connectivity index is 3.25. The van der Waals surface area contributed by atoms with Gasteiger partial charge >= 0.3 is 0 Å². The van der Waals surface area contributed by atoms with E-state index in [1.54, 1.807) is 0 Å². The minimum Gasteiger partial charge on any atom is -0.353 e. The molecule has 0 bridgehead atoms. The molecule has 0 aromatic heterocycles. The predicted octanol–water partition coefficient (Wildman–Crippen LogP) is 0.946. The number of hydrogen-bond donors (Lipinski definition) is 1. The molecule has 0 saturated heterocycles. The lowest BCUT2D eigenvalue weighted by Crippen LogP contribution is -2.30. The van der Waals surface area contributed by atoms with Gasteiger partial charge in [-0.3, -0.25) is 4.79 Å². The molecule has 0 atom stereocenters. The second-order valence-electron chi connectivity index (χ2n) is 1.86. The molecule has 48 valence electrons. The Morgan fingerprint density at radius 3 is 2.38 bits per heavy atom. The van der Waals surface area contributed by atoms with Crippen LogP contribution in [-0.2, 0) is 4.79 Å². The lowest BCUT2D eigenvalue weighted by atomic mass is 10.4. The Labute approximate surface area is 63.2 Å². The van der Waals surface area contributed by atoms with Crippen LogP contribution in [0, 0.1) is 0 Å². The lowest BCUT2D eigenvalue weighted by Gasteiger charge is -2.04. The first-order chi connectivity index (χ1) is 3.66. The van der Waals surface area contributed by atoms with Crippen molar-refractivity contribution in [3.05, 3.63) is 0 Å². The Hall–Kier alpha value is 0.200. The first-order valence-corrected chi connectivity index (χ1v) is 4.04. The molecule has 0 rings (SSSR count).